The van der Waals surface area contributed by atoms with Crippen LogP contribution >= 0.6 is 11.3 Å². The smallest absolute Gasteiger partial charge is 0.351 e. The van der Waals surface area contributed by atoms with Crippen LogP contribution < -0.4 is 20.7 Å². The van der Waals surface area contributed by atoms with E-state index >= 15 is 0 Å². The number of hydrogen-bond donors (Lipinski definition) is 5. The molecule has 2 aromatic heterocycles. The number of primary sulfonamides is 1. The number of fused-ring (bicyclic) bond motifs is 2. The van der Waals surface area contributed by atoms with Crippen LogP contribution in [0.5, 0.6) is 0 Å². The van der Waals surface area contributed by atoms with Crippen molar-refractivity contribution in [3.8, 4) is 0 Å². The molecule has 4 aromatic rings. The molecule has 0 bridgehead atoms. The lowest BCUT2D eigenvalue weighted by Crippen LogP contribution is -2.28. The lowest BCUT2D eigenvalue weighted by Gasteiger charge is -2.27. The van der Waals surface area contributed by atoms with Gasteiger partial charge in [0.05, 0.1) is 27.3 Å². The molecule has 0 saturated heterocycles. The maximum absolute atomic E-state index is 13.2. The Hall–Kier alpha value is -5.87. The number of rotatable bonds is 18. The first-order valence-corrected chi connectivity index (χ1v) is 27.4. The normalized spacial score (nSPS) is 16.0. The van der Waals surface area contributed by atoms with E-state index in [1.807, 2.05) is 49.1 Å². The standard InChI is InChI=1S/C43H50N8O10S4.O3S/c1-6-7-23-50-34-12-9-8-11-31(34)42(2,3)36(50)19-14-28(33-17-13-29(27-46-33)39(53)45-22-21-38(52)47-40-48-49-41(62-40)64(44,57)58)15-20-37-43(4,5)32-26-30(65(59,60)61)16-18-35(32)51(37)24-10-25-63(54,55)56;1-4(2)3/h8-9,11-20,26-27H,6-7,10,21-25H2,1-5H3,(H5-,44,45,47,48,52,53,54,55,56,57,58,59,60,61);/p+1. The zero-order valence-corrected chi connectivity index (χ0v) is 42.1. The van der Waals surface area contributed by atoms with Crippen molar-refractivity contribution < 1.29 is 61.2 Å². The number of nitrogens with one attached hydrogen (secondary N) is 2. The van der Waals surface area contributed by atoms with Crippen LogP contribution in [0.3, 0.4) is 0 Å². The summed E-state index contributed by atoms with van der Waals surface area (Å²) in [6.45, 7) is 11.1. The number of para-hydroxylation sites is 1. The number of anilines is 2. The Balaban J connectivity index is 0.00000213. The van der Waals surface area contributed by atoms with E-state index in [9.17, 15) is 43.9 Å². The van der Waals surface area contributed by atoms with Gasteiger partial charge in [-0.15, -0.1) is 22.8 Å². The van der Waals surface area contributed by atoms with Gasteiger partial charge in [-0.05, 0) is 68.3 Å². The van der Waals surface area contributed by atoms with Gasteiger partial charge in [0.25, 0.3) is 36.2 Å². The van der Waals surface area contributed by atoms with Gasteiger partial charge < -0.3 is 15.5 Å². The Morgan fingerprint density at radius 3 is 2.23 bits per heavy atom. The number of carbonyl (C=O) groups excluding carboxylic acids is 2. The first-order chi connectivity index (χ1) is 32.1. The van der Waals surface area contributed by atoms with Crippen molar-refractivity contribution in [1.29, 1.82) is 0 Å². The average molecular weight is 1050 g/mol. The summed E-state index contributed by atoms with van der Waals surface area (Å²) in [5.41, 5.74) is 5.29. The Bertz CT molecular complexity index is 3210. The monoisotopic (exact) mass is 1050 g/mol. The van der Waals surface area contributed by atoms with Crippen molar-refractivity contribution in [3.63, 3.8) is 0 Å². The second-order valence-corrected chi connectivity index (χ2v) is 22.8. The van der Waals surface area contributed by atoms with E-state index in [4.69, 9.17) is 17.8 Å². The molecule has 26 heteroatoms. The van der Waals surface area contributed by atoms with Gasteiger partial charge in [0.1, 0.15) is 6.54 Å². The highest BCUT2D eigenvalue weighted by atomic mass is 32.2. The third-order valence-corrected chi connectivity index (χ3v) is 15.0. The van der Waals surface area contributed by atoms with Crippen molar-refractivity contribution in [2.75, 3.05) is 35.6 Å². The molecule has 0 fully saturated rings. The summed E-state index contributed by atoms with van der Waals surface area (Å²) >= 11 is 0.593. The van der Waals surface area contributed by atoms with Crippen molar-refractivity contribution in [2.24, 2.45) is 5.14 Å². The van der Waals surface area contributed by atoms with E-state index < -0.39 is 68.2 Å². The number of allylic oxidation sites excluding steroid dienone is 6. The molecule has 6 rings (SSSR count). The number of carbonyl (C=O) groups is 2. The van der Waals surface area contributed by atoms with Crippen molar-refractivity contribution in [3.05, 3.63) is 113 Å². The van der Waals surface area contributed by atoms with Crippen LogP contribution in [-0.4, -0.2) is 110 Å². The minimum absolute atomic E-state index is 0.0465. The highest BCUT2D eigenvalue weighted by Crippen LogP contribution is 2.49. The molecule has 370 valence electrons. The number of pyridine rings is 1. The SMILES string of the molecule is CCCC[N+]1=C(/C=C/C(=C/C=C2/N(CCCS(=O)(=O)O)c3ccc(S(=O)(=O)O)cc3C2(C)C)c2ccc(C(=O)NCCC(=O)Nc3nnc(S(N)(=O)=O)s3)cn2)C(C)(C)c2ccccc21.O=S(=O)=O. The molecule has 2 aliphatic rings. The number of amides is 2. The number of nitrogens with zero attached hydrogens (tertiary/aromatic N) is 5. The molecule has 2 aromatic carbocycles. The van der Waals surface area contributed by atoms with Crippen molar-refractivity contribution >= 4 is 91.8 Å². The van der Waals surface area contributed by atoms with Crippen LogP contribution in [0.2, 0.25) is 0 Å². The van der Waals surface area contributed by atoms with Crippen LogP contribution in [-0.2, 0) is 56.5 Å². The molecular formula is C43H51N8O13S5+. The van der Waals surface area contributed by atoms with Gasteiger partial charge in [-0.1, -0.05) is 62.8 Å². The van der Waals surface area contributed by atoms with Gasteiger partial charge in [-0.25, -0.2) is 13.6 Å². The Morgan fingerprint density at radius 2 is 1.62 bits per heavy atom. The maximum atomic E-state index is 13.2. The number of aromatic nitrogens is 3. The van der Waals surface area contributed by atoms with Crippen molar-refractivity contribution in [1.82, 2.24) is 20.5 Å². The van der Waals surface area contributed by atoms with E-state index in [1.54, 1.807) is 18.2 Å². The lowest BCUT2D eigenvalue weighted by molar-refractivity contribution is -0.438. The first-order valence-electron chi connectivity index (χ1n) is 21.0. The molecular weight excluding hydrogens is 997 g/mol. The number of benzene rings is 2. The molecule has 0 radical (unpaired) electrons. The summed E-state index contributed by atoms with van der Waals surface area (Å²) in [7, 11) is -16.0. The number of sulfonamides is 1. The van der Waals surface area contributed by atoms with Crippen LogP contribution in [0.1, 0.15) is 87.5 Å². The highest BCUT2D eigenvalue weighted by molar-refractivity contribution is 7.91. The van der Waals surface area contributed by atoms with Gasteiger partial charge in [0.2, 0.25) is 21.1 Å². The van der Waals surface area contributed by atoms with Crippen LogP contribution in [0.25, 0.3) is 5.57 Å². The van der Waals surface area contributed by atoms with E-state index in [2.05, 4.69) is 69.4 Å². The van der Waals surface area contributed by atoms with Crippen molar-refractivity contribution in [2.45, 2.75) is 80.4 Å². The summed E-state index contributed by atoms with van der Waals surface area (Å²) in [4.78, 5) is 31.9. The van der Waals surface area contributed by atoms with Gasteiger partial charge in [-0.2, -0.15) is 21.4 Å². The average Bonchev–Trinajstić information content (AvgIpc) is 3.88. The van der Waals surface area contributed by atoms with E-state index in [1.165, 1.54) is 23.9 Å². The van der Waals surface area contributed by atoms with Crippen LogP contribution in [0, 0.1) is 0 Å². The maximum Gasteiger partial charge on any atom is 0.425 e. The predicted molar refractivity (Wildman–Crippen MR) is 258 cm³/mol. The molecule has 0 unspecified atom stereocenters. The summed E-state index contributed by atoms with van der Waals surface area (Å²) in [6.07, 6.45) is 10.9. The molecule has 0 saturated carbocycles. The minimum atomic E-state index is -4.55. The van der Waals surface area contributed by atoms with Crippen LogP contribution in [0.4, 0.5) is 16.5 Å². The molecule has 0 spiro atoms. The highest BCUT2D eigenvalue weighted by Gasteiger charge is 2.44. The largest absolute Gasteiger partial charge is 0.425 e. The van der Waals surface area contributed by atoms with Crippen LogP contribution in [0.15, 0.2) is 100 Å². The predicted octanol–water partition coefficient (Wildman–Crippen LogP) is 4.36. The molecule has 69 heavy (non-hydrogen) atoms. The fraction of sp³-hybridized carbons (Fsp3) is 0.349. The quantitative estimate of drug-likeness (QED) is 0.0400. The number of nitrogens with two attached hydrogens (primary N) is 1. The van der Waals surface area contributed by atoms with Gasteiger partial charge >= 0.3 is 10.6 Å². The molecule has 2 amide bonds. The zero-order valence-electron chi connectivity index (χ0n) is 38.0. The second-order valence-electron chi connectivity index (χ2n) is 16.7. The summed E-state index contributed by atoms with van der Waals surface area (Å²) in [6, 6.07) is 15.8. The topological polar surface area (TPSA) is 323 Å². The minimum Gasteiger partial charge on any atom is -0.351 e. The van der Waals surface area contributed by atoms with Gasteiger partial charge in [0, 0.05) is 72.2 Å². The number of hydrogen-bond acceptors (Lipinski definition) is 16. The molecule has 2 aliphatic heterocycles. The Labute approximate surface area is 405 Å². The summed E-state index contributed by atoms with van der Waals surface area (Å²) < 4.78 is 118. The van der Waals surface area contributed by atoms with E-state index in [0.717, 1.165) is 30.8 Å². The zero-order chi connectivity index (χ0) is 51.1. The lowest BCUT2D eigenvalue weighted by atomic mass is 9.81. The molecule has 0 aliphatic carbocycles. The number of unbranched alkanes of at least 4 members (excludes halogenated alkanes) is 1. The third kappa shape index (κ3) is 13.7. The van der Waals surface area contributed by atoms with E-state index in [-0.39, 0.29) is 46.9 Å². The fourth-order valence-corrected chi connectivity index (χ4v) is 10.2. The molecule has 4 heterocycles. The molecule has 0 atom stereocenters. The molecule has 21 nitrogen and oxygen atoms in total. The Kier molecular flexibility index (Phi) is 17.1. The van der Waals surface area contributed by atoms with Gasteiger partial charge in [-0.3, -0.25) is 23.7 Å². The summed E-state index contributed by atoms with van der Waals surface area (Å²) in [5.74, 6) is -1.55. The fourth-order valence-electron chi connectivity index (χ4n) is 7.87. The van der Waals surface area contributed by atoms with E-state index in [0.29, 0.717) is 39.6 Å². The first kappa shape index (κ1) is 54.1. The molecule has 6 N–H and O–H groups in total. The third-order valence-electron chi connectivity index (χ3n) is 11.2. The summed E-state index contributed by atoms with van der Waals surface area (Å²) in [5, 5.41) is 17.1. The Morgan fingerprint density at radius 1 is 0.928 bits per heavy atom. The van der Waals surface area contributed by atoms with Gasteiger partial charge in [0.15, 0.2) is 5.71 Å². The second kappa shape index (κ2) is 21.8.